The highest BCUT2D eigenvalue weighted by molar-refractivity contribution is 5.03. The molecule has 0 radical (unpaired) electrons. The van der Waals surface area contributed by atoms with Gasteiger partial charge in [0.2, 0.25) is 0 Å². The van der Waals surface area contributed by atoms with Crippen LogP contribution in [0.25, 0.3) is 0 Å². The first-order valence-electron chi connectivity index (χ1n) is 5.54. The predicted molar refractivity (Wildman–Crippen MR) is 56.8 cm³/mol. The van der Waals surface area contributed by atoms with E-state index in [1.807, 2.05) is 6.20 Å². The average molecular weight is 193 g/mol. The molecule has 0 aliphatic heterocycles. The Bertz CT molecular complexity index is 292. The Hall–Kier alpha value is -0.830. The van der Waals surface area contributed by atoms with E-state index in [-0.39, 0.29) is 0 Å². The zero-order chi connectivity index (χ0) is 9.97. The van der Waals surface area contributed by atoms with Crippen molar-refractivity contribution in [3.8, 4) is 0 Å². The summed E-state index contributed by atoms with van der Waals surface area (Å²) in [4.78, 5) is 0. The largest absolute Gasteiger partial charge is 0.326 e. The SMILES string of the molecule is CC1CCCCC1n1cc(CN)cn1. The molecule has 3 nitrogen and oxygen atoms in total. The lowest BCUT2D eigenvalue weighted by Gasteiger charge is -2.28. The fourth-order valence-electron chi connectivity index (χ4n) is 2.35. The van der Waals surface area contributed by atoms with Crippen molar-refractivity contribution in [3.63, 3.8) is 0 Å². The lowest BCUT2D eigenvalue weighted by atomic mass is 9.86. The van der Waals surface area contributed by atoms with E-state index in [2.05, 4.69) is 22.9 Å². The van der Waals surface area contributed by atoms with Crippen molar-refractivity contribution in [1.29, 1.82) is 0 Å². The van der Waals surface area contributed by atoms with Crippen LogP contribution in [0.2, 0.25) is 0 Å². The first-order chi connectivity index (χ1) is 6.81. The maximum atomic E-state index is 5.57. The zero-order valence-corrected chi connectivity index (χ0v) is 8.82. The summed E-state index contributed by atoms with van der Waals surface area (Å²) in [6.07, 6.45) is 9.32. The Morgan fingerprint density at radius 3 is 2.93 bits per heavy atom. The smallest absolute Gasteiger partial charge is 0.0544 e. The van der Waals surface area contributed by atoms with E-state index in [0.29, 0.717) is 12.6 Å². The molecule has 2 rings (SSSR count). The molecular weight excluding hydrogens is 174 g/mol. The van der Waals surface area contributed by atoms with Crippen molar-refractivity contribution < 1.29 is 0 Å². The molecule has 1 fully saturated rings. The van der Waals surface area contributed by atoms with Gasteiger partial charge in [-0.3, -0.25) is 4.68 Å². The molecule has 3 heteroatoms. The van der Waals surface area contributed by atoms with Crippen LogP contribution in [0, 0.1) is 5.92 Å². The summed E-state index contributed by atoms with van der Waals surface area (Å²) in [5.74, 6) is 0.759. The molecule has 78 valence electrons. The third kappa shape index (κ3) is 1.82. The molecule has 14 heavy (non-hydrogen) atoms. The zero-order valence-electron chi connectivity index (χ0n) is 8.82. The summed E-state index contributed by atoms with van der Waals surface area (Å²) >= 11 is 0. The van der Waals surface area contributed by atoms with Crippen LogP contribution in [0.15, 0.2) is 12.4 Å². The van der Waals surface area contributed by atoms with Gasteiger partial charge in [0, 0.05) is 18.3 Å². The first kappa shape index (κ1) is 9.71. The lowest BCUT2D eigenvalue weighted by molar-refractivity contribution is 0.240. The Morgan fingerprint density at radius 1 is 1.50 bits per heavy atom. The van der Waals surface area contributed by atoms with Gasteiger partial charge >= 0.3 is 0 Å². The van der Waals surface area contributed by atoms with Gasteiger partial charge in [-0.05, 0) is 18.8 Å². The average Bonchev–Trinajstić information content (AvgIpc) is 2.67. The molecule has 0 saturated heterocycles. The van der Waals surface area contributed by atoms with E-state index in [0.717, 1.165) is 11.5 Å². The molecule has 2 N–H and O–H groups in total. The minimum absolute atomic E-state index is 0.598. The molecule has 0 aromatic carbocycles. The van der Waals surface area contributed by atoms with Gasteiger partial charge in [0.25, 0.3) is 0 Å². The van der Waals surface area contributed by atoms with Crippen LogP contribution >= 0.6 is 0 Å². The maximum absolute atomic E-state index is 5.57. The normalized spacial score (nSPS) is 27.9. The number of rotatable bonds is 2. The fourth-order valence-corrected chi connectivity index (χ4v) is 2.35. The standard InChI is InChI=1S/C11H19N3/c1-9-4-2-3-5-11(9)14-8-10(6-12)7-13-14/h7-9,11H,2-6,12H2,1H3. The van der Waals surface area contributed by atoms with Gasteiger partial charge in [-0.1, -0.05) is 19.8 Å². The molecule has 1 aliphatic rings. The van der Waals surface area contributed by atoms with Crippen LogP contribution in [0.4, 0.5) is 0 Å². The summed E-state index contributed by atoms with van der Waals surface area (Å²) < 4.78 is 2.12. The Morgan fingerprint density at radius 2 is 2.29 bits per heavy atom. The lowest BCUT2D eigenvalue weighted by Crippen LogP contribution is -2.21. The molecular formula is C11H19N3. The molecule has 0 amide bonds. The maximum Gasteiger partial charge on any atom is 0.0544 e. The van der Waals surface area contributed by atoms with Crippen molar-refractivity contribution in [2.75, 3.05) is 0 Å². The molecule has 2 atom stereocenters. The van der Waals surface area contributed by atoms with Gasteiger partial charge in [0.1, 0.15) is 0 Å². The number of hydrogen-bond acceptors (Lipinski definition) is 2. The molecule has 1 heterocycles. The van der Waals surface area contributed by atoms with Crippen molar-refractivity contribution >= 4 is 0 Å². The second-order valence-corrected chi connectivity index (χ2v) is 4.36. The molecule has 1 aromatic heterocycles. The quantitative estimate of drug-likeness (QED) is 0.781. The molecule has 0 bridgehead atoms. The Balaban J connectivity index is 2.12. The van der Waals surface area contributed by atoms with E-state index in [4.69, 9.17) is 5.73 Å². The fraction of sp³-hybridized carbons (Fsp3) is 0.727. The molecule has 1 aliphatic carbocycles. The van der Waals surface area contributed by atoms with Crippen molar-refractivity contribution in [1.82, 2.24) is 9.78 Å². The van der Waals surface area contributed by atoms with Gasteiger partial charge in [-0.25, -0.2) is 0 Å². The molecule has 1 saturated carbocycles. The summed E-state index contributed by atoms with van der Waals surface area (Å²) in [5.41, 5.74) is 6.72. The highest BCUT2D eigenvalue weighted by Crippen LogP contribution is 2.32. The number of hydrogen-bond donors (Lipinski definition) is 1. The second kappa shape index (κ2) is 4.13. The highest BCUT2D eigenvalue weighted by Gasteiger charge is 2.23. The van der Waals surface area contributed by atoms with Crippen molar-refractivity contribution in [2.45, 2.75) is 45.2 Å². The van der Waals surface area contributed by atoms with Crippen molar-refractivity contribution in [3.05, 3.63) is 18.0 Å². The van der Waals surface area contributed by atoms with Gasteiger partial charge in [-0.2, -0.15) is 5.10 Å². The third-order valence-corrected chi connectivity index (χ3v) is 3.30. The van der Waals surface area contributed by atoms with Crippen LogP contribution < -0.4 is 5.73 Å². The van der Waals surface area contributed by atoms with E-state index >= 15 is 0 Å². The van der Waals surface area contributed by atoms with E-state index in [1.54, 1.807) is 0 Å². The summed E-state index contributed by atoms with van der Waals surface area (Å²) in [6.45, 7) is 2.93. The number of aromatic nitrogens is 2. The molecule has 0 spiro atoms. The summed E-state index contributed by atoms with van der Waals surface area (Å²) in [7, 11) is 0. The van der Waals surface area contributed by atoms with E-state index in [1.165, 1.54) is 25.7 Å². The van der Waals surface area contributed by atoms with Crippen LogP contribution in [0.3, 0.4) is 0 Å². The van der Waals surface area contributed by atoms with Gasteiger partial charge in [-0.15, -0.1) is 0 Å². The van der Waals surface area contributed by atoms with Gasteiger partial charge in [0.05, 0.1) is 12.2 Å². The predicted octanol–water partition coefficient (Wildman–Crippen LogP) is 2.09. The van der Waals surface area contributed by atoms with E-state index < -0.39 is 0 Å². The summed E-state index contributed by atoms with van der Waals surface area (Å²) in [5, 5.41) is 4.40. The Labute approximate surface area is 85.3 Å². The van der Waals surface area contributed by atoms with Crippen LogP contribution in [-0.2, 0) is 6.54 Å². The second-order valence-electron chi connectivity index (χ2n) is 4.36. The number of nitrogens with two attached hydrogens (primary N) is 1. The van der Waals surface area contributed by atoms with Gasteiger partial charge < -0.3 is 5.73 Å². The minimum Gasteiger partial charge on any atom is -0.326 e. The van der Waals surface area contributed by atoms with Crippen molar-refractivity contribution in [2.24, 2.45) is 11.7 Å². The number of nitrogens with zero attached hydrogens (tertiary/aromatic N) is 2. The highest BCUT2D eigenvalue weighted by atomic mass is 15.3. The van der Waals surface area contributed by atoms with Crippen LogP contribution in [0.1, 0.15) is 44.2 Å². The topological polar surface area (TPSA) is 43.8 Å². The first-order valence-corrected chi connectivity index (χ1v) is 5.54. The third-order valence-electron chi connectivity index (χ3n) is 3.30. The molecule has 1 aromatic rings. The Kier molecular flexibility index (Phi) is 2.87. The van der Waals surface area contributed by atoms with Crippen LogP contribution in [0.5, 0.6) is 0 Å². The van der Waals surface area contributed by atoms with Gasteiger partial charge in [0.15, 0.2) is 0 Å². The van der Waals surface area contributed by atoms with E-state index in [9.17, 15) is 0 Å². The summed E-state index contributed by atoms with van der Waals surface area (Å²) in [6, 6.07) is 0.601. The monoisotopic (exact) mass is 193 g/mol. The minimum atomic E-state index is 0.598. The van der Waals surface area contributed by atoms with Crippen LogP contribution in [-0.4, -0.2) is 9.78 Å². The molecule has 2 unspecified atom stereocenters.